The van der Waals surface area contributed by atoms with Crippen LogP contribution in [0.5, 0.6) is 0 Å². The molecule has 0 atom stereocenters. The maximum atomic E-state index is 6.42. The van der Waals surface area contributed by atoms with E-state index in [2.05, 4.69) is 127 Å². The fourth-order valence-corrected chi connectivity index (χ4v) is 8.82. The van der Waals surface area contributed by atoms with Crippen molar-refractivity contribution in [2.24, 2.45) is 0 Å². The Morgan fingerprint density at radius 2 is 0.879 bits per heavy atom. The van der Waals surface area contributed by atoms with Gasteiger partial charge in [-0.25, -0.2) is 0 Å². The molecule has 5 heteroatoms. The van der Waals surface area contributed by atoms with Crippen LogP contribution in [0.15, 0.2) is 211 Å². The minimum Gasteiger partial charge on any atom is -0.456 e. The van der Waals surface area contributed by atoms with Crippen LogP contribution in [-0.4, -0.2) is 15.0 Å². The van der Waals surface area contributed by atoms with Crippen LogP contribution in [0.3, 0.4) is 0 Å². The molecule has 4 heterocycles. The maximum absolute atomic E-state index is 6.42. The van der Waals surface area contributed by atoms with Crippen LogP contribution in [0.25, 0.3) is 89.1 Å². The van der Waals surface area contributed by atoms with E-state index in [1.165, 1.54) is 27.8 Å². The summed E-state index contributed by atoms with van der Waals surface area (Å²) in [7, 11) is 0. The van der Waals surface area contributed by atoms with E-state index in [1.54, 1.807) is 0 Å². The van der Waals surface area contributed by atoms with E-state index in [0.29, 0.717) is 0 Å². The normalized spacial score (nSPS) is 11.2. The largest absolute Gasteiger partial charge is 3.00 e. The number of nitrogens with zero attached hydrogens (tertiary/aromatic N) is 3. The van der Waals surface area contributed by atoms with E-state index in [9.17, 15) is 0 Å². The van der Waals surface area contributed by atoms with Gasteiger partial charge in [0.2, 0.25) is 0 Å². The molecule has 7 aromatic carbocycles. The Morgan fingerprint density at radius 1 is 0.348 bits per heavy atom. The van der Waals surface area contributed by atoms with Crippen molar-refractivity contribution in [2.45, 2.75) is 25.7 Å². The van der Waals surface area contributed by atoms with Crippen molar-refractivity contribution < 1.29 is 24.5 Å². The van der Waals surface area contributed by atoms with Gasteiger partial charge in [0.15, 0.2) is 0 Å². The second-order valence-corrected chi connectivity index (χ2v) is 16.4. The zero-order valence-electron chi connectivity index (χ0n) is 36.0. The number of hydrogen-bond donors (Lipinski definition) is 0. The van der Waals surface area contributed by atoms with Crippen LogP contribution in [0, 0.1) is 18.2 Å². The molecule has 316 valence electrons. The zero-order valence-corrected chi connectivity index (χ0v) is 38.4. The van der Waals surface area contributed by atoms with Crippen molar-refractivity contribution >= 4 is 21.9 Å². The second kappa shape index (κ2) is 19.3. The molecule has 0 radical (unpaired) electrons. The third-order valence-electron chi connectivity index (χ3n) is 12.2. The summed E-state index contributed by atoms with van der Waals surface area (Å²) < 4.78 is 6.42. The van der Waals surface area contributed by atoms with Crippen molar-refractivity contribution in [1.29, 1.82) is 0 Å². The van der Waals surface area contributed by atoms with Gasteiger partial charge in [-0.1, -0.05) is 97.1 Å². The van der Waals surface area contributed by atoms with Gasteiger partial charge in [-0.2, -0.15) is 0 Å². The Labute approximate surface area is 399 Å². The molecule has 0 amide bonds. The first kappa shape index (κ1) is 42.4. The van der Waals surface area contributed by atoms with Crippen LogP contribution < -0.4 is 0 Å². The summed E-state index contributed by atoms with van der Waals surface area (Å²) in [6.07, 6.45) is 9.53. The number of furan rings is 1. The zero-order chi connectivity index (χ0) is 43.4. The van der Waals surface area contributed by atoms with Crippen LogP contribution >= 0.6 is 0 Å². The monoisotopic (exact) mass is 1030 g/mol. The van der Waals surface area contributed by atoms with Crippen LogP contribution in [0.4, 0.5) is 0 Å². The SMILES string of the molecule is [Ir+3].[c-]1ccccc1-c1ccc(CCc2cc(CCc3ccc(-c4[c-]cccc4)nc3)cc(-c3ccccc3-c3cnc(-c4[c-]cccc4)cc3-c3ccc4c(c3)oc3ccccc34)c2)cn1. The number of fused-ring (bicyclic) bond motifs is 3. The van der Waals surface area contributed by atoms with Crippen molar-refractivity contribution in [3.8, 4) is 67.2 Å². The van der Waals surface area contributed by atoms with Gasteiger partial charge in [-0.15, -0.1) is 108 Å². The molecule has 11 rings (SSSR count). The Bertz CT molecular complexity index is 3300. The molecule has 0 aliphatic rings. The topological polar surface area (TPSA) is 51.8 Å². The second-order valence-electron chi connectivity index (χ2n) is 16.4. The minimum atomic E-state index is 0. The molecule has 4 aromatic heterocycles. The molecule has 0 saturated carbocycles. The van der Waals surface area contributed by atoms with Gasteiger partial charge < -0.3 is 19.4 Å². The average Bonchev–Trinajstić information content (AvgIpc) is 3.76. The molecule has 0 fully saturated rings. The molecular weight excluding hydrogens is 983 g/mol. The van der Waals surface area contributed by atoms with Gasteiger partial charge in [-0.05, 0) is 111 Å². The molecule has 0 N–H and O–H groups in total. The number of aryl methyl sites for hydroxylation is 4. The first-order valence-electron chi connectivity index (χ1n) is 22.1. The average molecular weight is 1030 g/mol. The van der Waals surface area contributed by atoms with E-state index in [4.69, 9.17) is 19.4 Å². The van der Waals surface area contributed by atoms with Gasteiger partial charge in [0.05, 0.1) is 0 Å². The third kappa shape index (κ3) is 9.05. The van der Waals surface area contributed by atoms with Gasteiger partial charge in [-0.3, -0.25) is 0 Å². The summed E-state index contributed by atoms with van der Waals surface area (Å²) in [5, 5.41) is 2.21. The number of hydrogen-bond acceptors (Lipinski definition) is 4. The third-order valence-corrected chi connectivity index (χ3v) is 12.2. The van der Waals surface area contributed by atoms with E-state index in [-0.39, 0.29) is 20.1 Å². The molecule has 0 bridgehead atoms. The maximum Gasteiger partial charge on any atom is 3.00 e. The van der Waals surface area contributed by atoms with Crippen LogP contribution in [-0.2, 0) is 45.8 Å². The first-order valence-corrected chi connectivity index (χ1v) is 22.1. The predicted molar refractivity (Wildman–Crippen MR) is 264 cm³/mol. The van der Waals surface area contributed by atoms with Crippen molar-refractivity contribution in [2.75, 3.05) is 0 Å². The smallest absolute Gasteiger partial charge is 0.456 e. The molecule has 4 nitrogen and oxygen atoms in total. The molecule has 11 aromatic rings. The number of rotatable bonds is 12. The molecule has 0 aliphatic heterocycles. The molecule has 0 spiro atoms. The van der Waals surface area contributed by atoms with Crippen LogP contribution in [0.2, 0.25) is 0 Å². The molecule has 66 heavy (non-hydrogen) atoms. The molecule has 0 aliphatic carbocycles. The van der Waals surface area contributed by atoms with E-state index in [1.807, 2.05) is 97.5 Å². The quantitative estimate of drug-likeness (QED) is 0.114. The minimum absolute atomic E-state index is 0. The summed E-state index contributed by atoms with van der Waals surface area (Å²) in [6.45, 7) is 0. The van der Waals surface area contributed by atoms with Crippen molar-refractivity contribution in [3.05, 3.63) is 247 Å². The fraction of sp³-hybridized carbons (Fsp3) is 0.0656. The molecular formula is C61H42IrN3O. The van der Waals surface area contributed by atoms with Gasteiger partial charge in [0, 0.05) is 34.9 Å². The van der Waals surface area contributed by atoms with Gasteiger partial charge in [0.25, 0.3) is 0 Å². The van der Waals surface area contributed by atoms with Crippen molar-refractivity contribution in [1.82, 2.24) is 15.0 Å². The number of benzene rings is 7. The van der Waals surface area contributed by atoms with Gasteiger partial charge in [0.1, 0.15) is 11.2 Å². The van der Waals surface area contributed by atoms with Crippen molar-refractivity contribution in [3.63, 3.8) is 0 Å². The molecule has 0 saturated heterocycles. The number of para-hydroxylation sites is 1. The number of aromatic nitrogens is 3. The Kier molecular flexibility index (Phi) is 12.4. The fourth-order valence-electron chi connectivity index (χ4n) is 8.82. The van der Waals surface area contributed by atoms with E-state index >= 15 is 0 Å². The summed E-state index contributed by atoms with van der Waals surface area (Å²) in [6, 6.07) is 75.5. The Morgan fingerprint density at radius 3 is 1.47 bits per heavy atom. The van der Waals surface area contributed by atoms with Gasteiger partial charge >= 0.3 is 20.1 Å². The Hall–Kier alpha value is -7.56. The molecule has 0 unspecified atom stereocenters. The predicted octanol–water partition coefficient (Wildman–Crippen LogP) is 14.7. The summed E-state index contributed by atoms with van der Waals surface area (Å²) in [4.78, 5) is 14.7. The standard InChI is InChI=1S/C61H42N3O.Ir/c1-4-14-46(15-5-1)57-32-28-42(39-62-57)24-26-44-34-45(27-25-43-29-33-58(63-40-43)47-16-6-2-7-17-47)36-50(35-44)51-20-10-11-21-52(51)56-41-64-59(48-18-8-3-9-19-48)38-55(56)49-30-31-54-53-22-12-13-23-60(53)65-61(54)37-49;/h1-14,16,18,20-23,28-41H,24-27H2;/q-3;+3. The summed E-state index contributed by atoms with van der Waals surface area (Å²) >= 11 is 0. The van der Waals surface area contributed by atoms with Crippen LogP contribution in [0.1, 0.15) is 22.3 Å². The summed E-state index contributed by atoms with van der Waals surface area (Å²) in [5.41, 5.74) is 19.0. The number of pyridine rings is 3. The Balaban J connectivity index is 0.00000511. The summed E-state index contributed by atoms with van der Waals surface area (Å²) in [5.74, 6) is 0. The first-order chi connectivity index (χ1) is 32.2. The van der Waals surface area contributed by atoms with E-state index < -0.39 is 0 Å². The van der Waals surface area contributed by atoms with E-state index in [0.717, 1.165) is 109 Å².